The van der Waals surface area contributed by atoms with Gasteiger partial charge in [-0.25, -0.2) is 4.68 Å². The average molecular weight is 423 g/mol. The summed E-state index contributed by atoms with van der Waals surface area (Å²) in [6, 6.07) is 15.3. The Balaban J connectivity index is 1.80. The molecule has 30 heavy (non-hydrogen) atoms. The van der Waals surface area contributed by atoms with Crippen molar-refractivity contribution in [2.75, 3.05) is 19.4 Å². The molecule has 0 atom stereocenters. The van der Waals surface area contributed by atoms with Crippen LogP contribution in [0.1, 0.15) is 41.4 Å². The second-order valence-corrected chi connectivity index (χ2v) is 8.61. The maximum Gasteiger partial charge on any atom is 0.285 e. The summed E-state index contributed by atoms with van der Waals surface area (Å²) in [6.07, 6.45) is 1.62. The van der Waals surface area contributed by atoms with Gasteiger partial charge in [0, 0.05) is 24.7 Å². The predicted molar refractivity (Wildman–Crippen MR) is 122 cm³/mol. The van der Waals surface area contributed by atoms with Crippen LogP contribution in [-0.2, 0) is 0 Å². The zero-order valence-electron chi connectivity index (χ0n) is 17.8. The van der Waals surface area contributed by atoms with Gasteiger partial charge in [0.1, 0.15) is 0 Å². The normalized spacial score (nSPS) is 10.9. The van der Waals surface area contributed by atoms with Gasteiger partial charge in [-0.05, 0) is 61.0 Å². The van der Waals surface area contributed by atoms with E-state index in [4.69, 9.17) is 0 Å². The van der Waals surface area contributed by atoms with Crippen LogP contribution < -0.4 is 5.32 Å². The molecule has 2 aromatic carbocycles. The topological polar surface area (TPSA) is 67.2 Å². The van der Waals surface area contributed by atoms with Crippen molar-refractivity contribution in [1.29, 1.82) is 0 Å². The Morgan fingerprint density at radius 2 is 1.67 bits per heavy atom. The molecule has 0 saturated heterocycles. The van der Waals surface area contributed by atoms with Gasteiger partial charge in [-0.1, -0.05) is 31.5 Å². The lowest BCUT2D eigenvalue weighted by atomic mass is 10.0. The summed E-state index contributed by atoms with van der Waals surface area (Å²) in [5.74, 6) is -0.0905. The number of aryl methyl sites for hydroxylation is 1. The van der Waals surface area contributed by atoms with Gasteiger partial charge in [-0.15, -0.1) is 0 Å². The SMILES string of the molecule is Cc1ccc(-n2ncc(C(=O)Nc3ccc(SC(=O)N(C)C)cc3)c2C(C)C)cc1. The van der Waals surface area contributed by atoms with Crippen LogP contribution >= 0.6 is 11.8 Å². The molecule has 0 spiro atoms. The second-order valence-electron chi connectivity index (χ2n) is 7.59. The lowest BCUT2D eigenvalue weighted by Crippen LogP contribution is -2.16. The van der Waals surface area contributed by atoms with E-state index in [1.807, 2.05) is 61.9 Å². The average Bonchev–Trinajstić information content (AvgIpc) is 3.15. The van der Waals surface area contributed by atoms with E-state index in [1.165, 1.54) is 10.5 Å². The first-order valence-electron chi connectivity index (χ1n) is 9.71. The Morgan fingerprint density at radius 3 is 2.23 bits per heavy atom. The molecule has 6 nitrogen and oxygen atoms in total. The van der Waals surface area contributed by atoms with Gasteiger partial charge in [0.25, 0.3) is 11.1 Å². The minimum atomic E-state index is -0.207. The highest BCUT2D eigenvalue weighted by Gasteiger charge is 2.21. The summed E-state index contributed by atoms with van der Waals surface area (Å²) >= 11 is 1.14. The molecule has 1 aromatic heterocycles. The number of rotatable bonds is 5. The smallest absolute Gasteiger partial charge is 0.285 e. The van der Waals surface area contributed by atoms with Crippen molar-refractivity contribution in [3.63, 3.8) is 0 Å². The van der Waals surface area contributed by atoms with Crippen molar-refractivity contribution >= 4 is 28.6 Å². The summed E-state index contributed by atoms with van der Waals surface area (Å²) in [4.78, 5) is 27.1. The first-order valence-corrected chi connectivity index (χ1v) is 10.5. The highest BCUT2D eigenvalue weighted by Crippen LogP contribution is 2.26. The zero-order valence-corrected chi connectivity index (χ0v) is 18.7. The molecule has 0 bridgehead atoms. The number of nitrogens with zero attached hydrogens (tertiary/aromatic N) is 3. The van der Waals surface area contributed by atoms with E-state index >= 15 is 0 Å². The van der Waals surface area contributed by atoms with E-state index in [2.05, 4.69) is 10.4 Å². The number of thioether (sulfide) groups is 1. The lowest BCUT2D eigenvalue weighted by molar-refractivity contribution is 0.102. The van der Waals surface area contributed by atoms with Crippen molar-refractivity contribution in [2.45, 2.75) is 31.6 Å². The molecule has 0 aliphatic carbocycles. The molecule has 1 N–H and O–H groups in total. The van der Waals surface area contributed by atoms with E-state index in [-0.39, 0.29) is 17.1 Å². The van der Waals surface area contributed by atoms with Crippen molar-refractivity contribution < 1.29 is 9.59 Å². The summed E-state index contributed by atoms with van der Waals surface area (Å²) in [5, 5.41) is 7.36. The van der Waals surface area contributed by atoms with Gasteiger partial charge in [0.05, 0.1) is 23.1 Å². The van der Waals surface area contributed by atoms with E-state index in [0.717, 1.165) is 28.0 Å². The standard InChI is InChI=1S/C23H26N4O2S/c1-15(2)21-20(14-24-27(21)18-10-6-16(3)7-11-18)22(28)25-17-8-12-19(13-9-17)30-23(29)26(4)5/h6-15H,1-5H3,(H,25,28). The Kier molecular flexibility index (Phi) is 6.62. The van der Waals surface area contributed by atoms with Crippen LogP contribution in [-0.4, -0.2) is 39.9 Å². The first-order chi connectivity index (χ1) is 14.3. The van der Waals surface area contributed by atoms with Crippen molar-refractivity contribution in [3.8, 4) is 5.69 Å². The minimum absolute atomic E-state index is 0.0446. The number of nitrogens with one attached hydrogen (secondary N) is 1. The fourth-order valence-corrected chi connectivity index (χ4v) is 3.63. The Hall–Kier alpha value is -3.06. The Morgan fingerprint density at radius 1 is 1.03 bits per heavy atom. The van der Waals surface area contributed by atoms with Gasteiger partial charge in [0.2, 0.25) is 0 Å². The summed E-state index contributed by atoms with van der Waals surface area (Å²) in [7, 11) is 3.43. The molecule has 0 saturated carbocycles. The molecule has 1 heterocycles. The van der Waals surface area contributed by atoms with Crippen LogP contribution in [0.2, 0.25) is 0 Å². The van der Waals surface area contributed by atoms with Gasteiger partial charge in [0.15, 0.2) is 0 Å². The highest BCUT2D eigenvalue weighted by atomic mass is 32.2. The molecule has 3 aromatic rings. The molecular formula is C23H26N4O2S. The molecule has 0 aliphatic heterocycles. The van der Waals surface area contributed by atoms with E-state index in [1.54, 1.807) is 32.4 Å². The third-order valence-electron chi connectivity index (χ3n) is 4.56. The zero-order chi connectivity index (χ0) is 21.8. The number of hydrogen-bond acceptors (Lipinski definition) is 4. The molecule has 0 fully saturated rings. The fourth-order valence-electron chi connectivity index (χ4n) is 2.98. The predicted octanol–water partition coefficient (Wildman–Crippen LogP) is 5.33. The number of aromatic nitrogens is 2. The third kappa shape index (κ3) is 4.91. The van der Waals surface area contributed by atoms with Crippen LogP contribution in [0.25, 0.3) is 5.69 Å². The van der Waals surface area contributed by atoms with Gasteiger partial charge >= 0.3 is 0 Å². The maximum atomic E-state index is 13.0. The summed E-state index contributed by atoms with van der Waals surface area (Å²) < 4.78 is 1.83. The number of amides is 2. The molecule has 3 rings (SSSR count). The molecule has 0 radical (unpaired) electrons. The number of carbonyl (C=O) groups is 2. The highest BCUT2D eigenvalue weighted by molar-refractivity contribution is 8.13. The van der Waals surface area contributed by atoms with Gasteiger partial charge < -0.3 is 10.2 Å². The van der Waals surface area contributed by atoms with Crippen molar-refractivity contribution in [2.24, 2.45) is 0 Å². The maximum absolute atomic E-state index is 13.0. The molecule has 2 amide bonds. The quantitative estimate of drug-likeness (QED) is 0.564. The third-order valence-corrected chi connectivity index (χ3v) is 5.61. The number of benzene rings is 2. The van der Waals surface area contributed by atoms with Crippen LogP contribution in [0.3, 0.4) is 0 Å². The van der Waals surface area contributed by atoms with Crippen molar-refractivity contribution in [3.05, 3.63) is 71.5 Å². The summed E-state index contributed by atoms with van der Waals surface area (Å²) in [5.41, 5.74) is 4.17. The largest absolute Gasteiger partial charge is 0.339 e. The number of anilines is 1. The second kappa shape index (κ2) is 9.17. The van der Waals surface area contributed by atoms with Crippen LogP contribution in [0.15, 0.2) is 59.6 Å². The first kappa shape index (κ1) is 21.6. The van der Waals surface area contributed by atoms with E-state index < -0.39 is 0 Å². The molecule has 0 aliphatic rings. The van der Waals surface area contributed by atoms with Crippen molar-refractivity contribution in [1.82, 2.24) is 14.7 Å². The minimum Gasteiger partial charge on any atom is -0.339 e. The van der Waals surface area contributed by atoms with Crippen LogP contribution in [0, 0.1) is 6.92 Å². The molecular weight excluding hydrogens is 396 g/mol. The lowest BCUT2D eigenvalue weighted by Gasteiger charge is -2.13. The number of hydrogen-bond donors (Lipinski definition) is 1. The van der Waals surface area contributed by atoms with Crippen LogP contribution in [0.5, 0.6) is 0 Å². The Labute approximate surface area is 181 Å². The molecule has 156 valence electrons. The van der Waals surface area contributed by atoms with E-state index in [9.17, 15) is 9.59 Å². The molecule has 7 heteroatoms. The fraction of sp³-hybridized carbons (Fsp3) is 0.261. The van der Waals surface area contributed by atoms with Crippen LogP contribution in [0.4, 0.5) is 10.5 Å². The van der Waals surface area contributed by atoms with Gasteiger partial charge in [-0.2, -0.15) is 5.10 Å². The van der Waals surface area contributed by atoms with E-state index in [0.29, 0.717) is 11.3 Å². The van der Waals surface area contributed by atoms with Gasteiger partial charge in [-0.3, -0.25) is 9.59 Å². The molecule has 0 unspecified atom stereocenters. The number of carbonyl (C=O) groups excluding carboxylic acids is 2. The summed E-state index contributed by atoms with van der Waals surface area (Å²) in [6.45, 7) is 6.13. The Bertz CT molecular complexity index is 1040. The monoisotopic (exact) mass is 422 g/mol.